The van der Waals surface area contributed by atoms with Gasteiger partial charge < -0.3 is 4.52 Å². The predicted octanol–water partition coefficient (Wildman–Crippen LogP) is -0.142. The standard InChI is InChI=1S/C9H10N4O3S/c1-5-4-17-9(15)13(5)3-6-2-7(12-16-6)8(14)11-10/h2,4H,3,10H2,1H3,(H,11,14). The number of carbonyl (C=O) groups excluding carboxylic acids is 1. The fourth-order valence-corrected chi connectivity index (χ4v) is 2.05. The Hall–Kier alpha value is -1.93. The van der Waals surface area contributed by atoms with Gasteiger partial charge in [0.05, 0.1) is 6.54 Å². The highest BCUT2D eigenvalue weighted by molar-refractivity contribution is 7.07. The minimum Gasteiger partial charge on any atom is -0.359 e. The number of aryl methyl sites for hydroxylation is 1. The Balaban J connectivity index is 2.23. The number of nitrogen functional groups attached to an aromatic ring is 1. The molecule has 0 radical (unpaired) electrons. The van der Waals surface area contributed by atoms with E-state index in [0.717, 1.165) is 17.0 Å². The van der Waals surface area contributed by atoms with E-state index in [4.69, 9.17) is 10.4 Å². The van der Waals surface area contributed by atoms with Gasteiger partial charge in [-0.1, -0.05) is 16.5 Å². The number of hydrogen-bond donors (Lipinski definition) is 2. The molecule has 3 N–H and O–H groups in total. The van der Waals surface area contributed by atoms with Gasteiger partial charge in [0.2, 0.25) is 0 Å². The third-order valence-corrected chi connectivity index (χ3v) is 3.09. The van der Waals surface area contributed by atoms with Crippen LogP contribution in [0, 0.1) is 6.92 Å². The van der Waals surface area contributed by atoms with Gasteiger partial charge in [0.1, 0.15) is 0 Å². The zero-order chi connectivity index (χ0) is 12.4. The molecule has 17 heavy (non-hydrogen) atoms. The normalized spacial score (nSPS) is 10.5. The third kappa shape index (κ3) is 2.27. The van der Waals surface area contributed by atoms with Gasteiger partial charge >= 0.3 is 4.87 Å². The molecule has 2 rings (SSSR count). The lowest BCUT2D eigenvalue weighted by Gasteiger charge is -1.98. The van der Waals surface area contributed by atoms with E-state index in [1.165, 1.54) is 10.6 Å². The lowest BCUT2D eigenvalue weighted by atomic mass is 10.3. The largest absolute Gasteiger partial charge is 0.359 e. The molecule has 0 saturated heterocycles. The highest BCUT2D eigenvalue weighted by Gasteiger charge is 2.12. The molecule has 0 fully saturated rings. The van der Waals surface area contributed by atoms with Crippen molar-refractivity contribution in [3.63, 3.8) is 0 Å². The van der Waals surface area contributed by atoms with E-state index in [1.807, 2.05) is 12.3 Å². The van der Waals surface area contributed by atoms with Gasteiger partial charge in [0.25, 0.3) is 5.91 Å². The van der Waals surface area contributed by atoms with Crippen molar-refractivity contribution >= 4 is 17.2 Å². The predicted molar refractivity (Wildman–Crippen MR) is 60.6 cm³/mol. The molecule has 2 aromatic rings. The summed E-state index contributed by atoms with van der Waals surface area (Å²) in [5.41, 5.74) is 2.87. The summed E-state index contributed by atoms with van der Waals surface area (Å²) in [6, 6.07) is 1.45. The molecular weight excluding hydrogens is 244 g/mol. The molecule has 0 saturated carbocycles. The average molecular weight is 254 g/mol. The number of hydrazine groups is 1. The van der Waals surface area contributed by atoms with Gasteiger partial charge in [-0.25, -0.2) is 5.84 Å². The van der Waals surface area contributed by atoms with Crippen molar-refractivity contribution in [2.75, 3.05) is 0 Å². The van der Waals surface area contributed by atoms with Crippen molar-refractivity contribution in [3.05, 3.63) is 38.3 Å². The molecule has 0 unspecified atom stereocenters. The summed E-state index contributed by atoms with van der Waals surface area (Å²) in [6.45, 7) is 2.07. The lowest BCUT2D eigenvalue weighted by molar-refractivity contribution is 0.0944. The Bertz CT molecular complexity index is 597. The Kier molecular flexibility index (Phi) is 3.07. The van der Waals surface area contributed by atoms with Gasteiger partial charge in [-0.15, -0.1) is 0 Å². The molecule has 0 atom stereocenters. The molecule has 8 heteroatoms. The van der Waals surface area contributed by atoms with Gasteiger partial charge in [0, 0.05) is 17.1 Å². The van der Waals surface area contributed by atoms with E-state index < -0.39 is 5.91 Å². The number of nitrogens with two attached hydrogens (primary N) is 1. The van der Waals surface area contributed by atoms with Gasteiger partial charge in [0.15, 0.2) is 11.5 Å². The van der Waals surface area contributed by atoms with Crippen LogP contribution in [0.15, 0.2) is 20.8 Å². The molecule has 0 spiro atoms. The molecule has 0 aromatic carbocycles. The monoisotopic (exact) mass is 254 g/mol. The highest BCUT2D eigenvalue weighted by atomic mass is 32.1. The zero-order valence-electron chi connectivity index (χ0n) is 8.97. The molecule has 2 heterocycles. The Labute approximate surface area is 99.8 Å². The smallest absolute Gasteiger partial charge is 0.307 e. The minimum atomic E-state index is -0.533. The zero-order valence-corrected chi connectivity index (χ0v) is 9.78. The molecule has 2 aromatic heterocycles. The molecular formula is C9H10N4O3S. The Morgan fingerprint density at radius 1 is 1.71 bits per heavy atom. The van der Waals surface area contributed by atoms with E-state index >= 15 is 0 Å². The van der Waals surface area contributed by atoms with Crippen LogP contribution < -0.4 is 16.1 Å². The van der Waals surface area contributed by atoms with Crippen molar-refractivity contribution in [1.29, 1.82) is 0 Å². The molecule has 0 aliphatic carbocycles. The third-order valence-electron chi connectivity index (χ3n) is 2.21. The van der Waals surface area contributed by atoms with Crippen molar-refractivity contribution in [1.82, 2.24) is 15.1 Å². The van der Waals surface area contributed by atoms with Crippen molar-refractivity contribution < 1.29 is 9.32 Å². The number of aromatic nitrogens is 2. The van der Waals surface area contributed by atoms with Crippen LogP contribution in [-0.2, 0) is 6.54 Å². The fraction of sp³-hybridized carbons (Fsp3) is 0.222. The summed E-state index contributed by atoms with van der Waals surface area (Å²) >= 11 is 1.11. The van der Waals surface area contributed by atoms with Crippen LogP contribution in [0.4, 0.5) is 0 Å². The summed E-state index contributed by atoms with van der Waals surface area (Å²) in [4.78, 5) is 22.5. The van der Waals surface area contributed by atoms with Crippen LogP contribution in [0.1, 0.15) is 21.9 Å². The summed E-state index contributed by atoms with van der Waals surface area (Å²) < 4.78 is 6.49. The van der Waals surface area contributed by atoms with Crippen molar-refractivity contribution in [2.45, 2.75) is 13.5 Å². The van der Waals surface area contributed by atoms with E-state index in [1.54, 1.807) is 5.38 Å². The van der Waals surface area contributed by atoms with Crippen LogP contribution >= 0.6 is 11.3 Å². The van der Waals surface area contributed by atoms with Crippen LogP contribution in [0.3, 0.4) is 0 Å². The average Bonchev–Trinajstić information content (AvgIpc) is 2.90. The molecule has 0 bridgehead atoms. The van der Waals surface area contributed by atoms with Gasteiger partial charge in [-0.05, 0) is 6.92 Å². The fourth-order valence-electron chi connectivity index (χ4n) is 1.32. The first-order chi connectivity index (χ1) is 8.11. The lowest BCUT2D eigenvalue weighted by Crippen LogP contribution is -2.30. The number of rotatable bonds is 3. The summed E-state index contributed by atoms with van der Waals surface area (Å²) in [7, 11) is 0. The summed E-state index contributed by atoms with van der Waals surface area (Å²) in [5.74, 6) is 4.85. The molecule has 0 aliphatic rings. The van der Waals surface area contributed by atoms with Gasteiger partial charge in [-0.3, -0.25) is 19.6 Å². The van der Waals surface area contributed by atoms with Crippen LogP contribution in [0.5, 0.6) is 0 Å². The van der Waals surface area contributed by atoms with E-state index in [0.29, 0.717) is 5.76 Å². The number of carbonyl (C=O) groups is 1. The Morgan fingerprint density at radius 2 is 2.47 bits per heavy atom. The number of hydrogen-bond acceptors (Lipinski definition) is 6. The quantitative estimate of drug-likeness (QED) is 0.450. The number of nitrogens with zero attached hydrogens (tertiary/aromatic N) is 2. The summed E-state index contributed by atoms with van der Waals surface area (Å²) in [5, 5.41) is 5.30. The Morgan fingerprint density at radius 3 is 3.06 bits per heavy atom. The van der Waals surface area contributed by atoms with E-state index in [2.05, 4.69) is 5.16 Å². The van der Waals surface area contributed by atoms with E-state index in [9.17, 15) is 9.59 Å². The van der Waals surface area contributed by atoms with E-state index in [-0.39, 0.29) is 17.1 Å². The first kappa shape index (κ1) is 11.6. The topological polar surface area (TPSA) is 103 Å². The second-order valence-electron chi connectivity index (χ2n) is 3.38. The van der Waals surface area contributed by atoms with Crippen LogP contribution in [-0.4, -0.2) is 15.6 Å². The molecule has 1 amide bonds. The molecule has 90 valence electrons. The molecule has 0 aliphatic heterocycles. The highest BCUT2D eigenvalue weighted by Crippen LogP contribution is 2.08. The maximum Gasteiger partial charge on any atom is 0.307 e. The van der Waals surface area contributed by atoms with Crippen LogP contribution in [0.2, 0.25) is 0 Å². The second-order valence-corrected chi connectivity index (χ2v) is 4.20. The van der Waals surface area contributed by atoms with Crippen LogP contribution in [0.25, 0.3) is 0 Å². The first-order valence-electron chi connectivity index (χ1n) is 4.73. The number of nitrogens with one attached hydrogen (secondary N) is 1. The maximum atomic E-state index is 11.5. The SMILES string of the molecule is Cc1csc(=O)n1Cc1cc(C(=O)NN)no1. The maximum absolute atomic E-state index is 11.5. The summed E-state index contributed by atoms with van der Waals surface area (Å²) in [6.07, 6.45) is 0. The second kappa shape index (κ2) is 4.52. The minimum absolute atomic E-state index is 0.0799. The number of amides is 1. The van der Waals surface area contributed by atoms with Crippen molar-refractivity contribution in [3.8, 4) is 0 Å². The van der Waals surface area contributed by atoms with Gasteiger partial charge in [-0.2, -0.15) is 0 Å². The first-order valence-corrected chi connectivity index (χ1v) is 5.61. The van der Waals surface area contributed by atoms with Crippen molar-refractivity contribution in [2.24, 2.45) is 5.84 Å². The number of thiazole rings is 1. The molecule has 7 nitrogen and oxygen atoms in total.